The molecular formula is C27H33N6O2P. The number of rotatable bonds is 4. The maximum atomic E-state index is 13.2. The summed E-state index contributed by atoms with van der Waals surface area (Å²) in [6, 6.07) is 13.7. The van der Waals surface area contributed by atoms with Crippen LogP contribution < -0.4 is 14.7 Å². The van der Waals surface area contributed by atoms with Gasteiger partial charge in [0.2, 0.25) is 5.91 Å². The molecule has 1 saturated heterocycles. The molecule has 0 spiro atoms. The molecule has 2 aliphatic rings. The Hall–Kier alpha value is -3.38. The van der Waals surface area contributed by atoms with Gasteiger partial charge in [0, 0.05) is 50.6 Å². The van der Waals surface area contributed by atoms with E-state index in [0.29, 0.717) is 12.2 Å². The minimum absolute atomic E-state index is 0.0235. The predicted octanol–water partition coefficient (Wildman–Crippen LogP) is 3.90. The number of benzene rings is 1. The van der Waals surface area contributed by atoms with Crippen molar-refractivity contribution in [3.8, 4) is 0 Å². The zero-order chi connectivity index (χ0) is 25.7. The Kier molecular flexibility index (Phi) is 8.26. The fourth-order valence-electron chi connectivity index (χ4n) is 5.03. The number of nitrogens with zero attached hydrogens (tertiary/aromatic N) is 6. The Labute approximate surface area is 215 Å². The van der Waals surface area contributed by atoms with Crippen molar-refractivity contribution in [2.24, 2.45) is 0 Å². The zero-order valence-corrected chi connectivity index (χ0v) is 22.2. The van der Waals surface area contributed by atoms with Crippen molar-refractivity contribution in [1.29, 1.82) is 0 Å². The van der Waals surface area contributed by atoms with Gasteiger partial charge in [0.05, 0.1) is 11.4 Å². The third kappa shape index (κ3) is 5.24. The number of pyridine rings is 1. The SMILES string of the molecule is CC(=O)N(c1cccnc1C)C1CCN(c2cc(C(=O)N3CCc4ccccc43)ncn2)CC1.CP. The highest BCUT2D eigenvalue weighted by Gasteiger charge is 2.30. The second-order valence-electron chi connectivity index (χ2n) is 8.81. The molecule has 36 heavy (non-hydrogen) atoms. The number of anilines is 3. The number of hydrogen-bond donors (Lipinski definition) is 0. The van der Waals surface area contributed by atoms with Crippen LogP contribution in [0.1, 0.15) is 41.5 Å². The van der Waals surface area contributed by atoms with Crippen LogP contribution in [0, 0.1) is 6.92 Å². The Morgan fingerprint density at radius 3 is 2.47 bits per heavy atom. The van der Waals surface area contributed by atoms with Crippen molar-refractivity contribution < 1.29 is 9.59 Å². The first-order valence-corrected chi connectivity index (χ1v) is 13.4. The number of aryl methyl sites for hydroxylation is 1. The van der Waals surface area contributed by atoms with E-state index >= 15 is 0 Å². The van der Waals surface area contributed by atoms with Gasteiger partial charge in [-0.3, -0.25) is 14.6 Å². The lowest BCUT2D eigenvalue weighted by Gasteiger charge is -2.39. The number of para-hydroxylation sites is 1. The Morgan fingerprint density at radius 1 is 1.00 bits per heavy atom. The van der Waals surface area contributed by atoms with Crippen LogP contribution in [0.3, 0.4) is 0 Å². The van der Waals surface area contributed by atoms with Crippen molar-refractivity contribution in [3.63, 3.8) is 0 Å². The molecule has 0 bridgehead atoms. The predicted molar refractivity (Wildman–Crippen MR) is 147 cm³/mol. The van der Waals surface area contributed by atoms with Crippen LogP contribution in [0.15, 0.2) is 55.0 Å². The molecule has 2 aromatic heterocycles. The van der Waals surface area contributed by atoms with Crippen molar-refractivity contribution in [2.45, 2.75) is 39.2 Å². The number of carbonyl (C=O) groups is 2. The lowest BCUT2D eigenvalue weighted by atomic mass is 10.0. The van der Waals surface area contributed by atoms with E-state index in [1.54, 1.807) is 24.1 Å². The number of fused-ring (bicyclic) bond motifs is 1. The molecule has 0 aliphatic carbocycles. The van der Waals surface area contributed by atoms with E-state index in [0.717, 1.165) is 55.2 Å². The third-order valence-electron chi connectivity index (χ3n) is 6.74. The van der Waals surface area contributed by atoms with Crippen LogP contribution in [0.4, 0.5) is 17.2 Å². The topological polar surface area (TPSA) is 82.5 Å². The zero-order valence-electron chi connectivity index (χ0n) is 21.1. The smallest absolute Gasteiger partial charge is 0.277 e. The lowest BCUT2D eigenvalue weighted by Crippen LogP contribution is -2.47. The normalized spacial score (nSPS) is 15.1. The van der Waals surface area contributed by atoms with Gasteiger partial charge in [-0.05, 0) is 49.9 Å². The van der Waals surface area contributed by atoms with Crippen LogP contribution in [-0.4, -0.2) is 59.1 Å². The molecule has 8 nitrogen and oxygen atoms in total. The molecule has 2 amide bonds. The van der Waals surface area contributed by atoms with E-state index in [2.05, 4.69) is 35.2 Å². The molecule has 1 fully saturated rings. The van der Waals surface area contributed by atoms with Crippen LogP contribution in [0.2, 0.25) is 0 Å². The highest BCUT2D eigenvalue weighted by molar-refractivity contribution is 7.15. The van der Waals surface area contributed by atoms with E-state index in [-0.39, 0.29) is 17.9 Å². The summed E-state index contributed by atoms with van der Waals surface area (Å²) >= 11 is 0. The number of aromatic nitrogens is 3. The molecule has 0 radical (unpaired) electrons. The molecule has 1 unspecified atom stereocenters. The van der Waals surface area contributed by atoms with Crippen molar-refractivity contribution in [2.75, 3.05) is 41.0 Å². The number of carbonyl (C=O) groups excluding carboxylic acids is 2. The molecule has 9 heteroatoms. The lowest BCUT2D eigenvalue weighted by molar-refractivity contribution is -0.117. The van der Waals surface area contributed by atoms with Gasteiger partial charge < -0.3 is 14.7 Å². The first-order chi connectivity index (χ1) is 17.5. The summed E-state index contributed by atoms with van der Waals surface area (Å²) in [5.41, 5.74) is 4.27. The van der Waals surface area contributed by atoms with Gasteiger partial charge in [-0.2, -0.15) is 0 Å². The molecule has 2 aliphatic heterocycles. The molecule has 5 rings (SSSR count). The van der Waals surface area contributed by atoms with Crippen LogP contribution >= 0.6 is 9.24 Å². The minimum Gasteiger partial charge on any atom is -0.356 e. The molecule has 188 valence electrons. The standard InChI is InChI=1S/C26H28N6O2.CH5P/c1-18-23(8-5-12-27-18)32(19(2)33)21-10-13-30(14-11-21)25-16-22(28-17-29-25)26(34)31-15-9-20-6-3-4-7-24(20)31;1-2/h3-8,12,16-17,21H,9-11,13-15H2,1-2H3;2H2,1H3. The molecule has 1 atom stereocenters. The van der Waals surface area contributed by atoms with Crippen LogP contribution in [-0.2, 0) is 11.2 Å². The fraction of sp³-hybridized carbons (Fsp3) is 0.370. The van der Waals surface area contributed by atoms with E-state index in [1.807, 2.05) is 48.8 Å². The van der Waals surface area contributed by atoms with Gasteiger partial charge in [-0.15, -0.1) is 9.24 Å². The van der Waals surface area contributed by atoms with E-state index in [1.165, 1.54) is 11.9 Å². The first kappa shape index (κ1) is 25.7. The summed E-state index contributed by atoms with van der Waals surface area (Å²) < 4.78 is 0. The summed E-state index contributed by atoms with van der Waals surface area (Å²) in [6.45, 7) is 7.60. The summed E-state index contributed by atoms with van der Waals surface area (Å²) in [5.74, 6) is 0.671. The summed E-state index contributed by atoms with van der Waals surface area (Å²) in [4.78, 5) is 44.6. The van der Waals surface area contributed by atoms with Crippen molar-refractivity contribution in [3.05, 3.63) is 71.9 Å². The van der Waals surface area contributed by atoms with E-state index in [4.69, 9.17) is 0 Å². The summed E-state index contributed by atoms with van der Waals surface area (Å²) in [7, 11) is 2.42. The van der Waals surface area contributed by atoms with Gasteiger partial charge in [0.25, 0.3) is 5.91 Å². The number of hydrogen-bond acceptors (Lipinski definition) is 6. The van der Waals surface area contributed by atoms with Gasteiger partial charge >= 0.3 is 0 Å². The maximum absolute atomic E-state index is 13.2. The molecular weight excluding hydrogens is 471 g/mol. The quantitative estimate of drug-likeness (QED) is 0.502. The fourth-order valence-corrected chi connectivity index (χ4v) is 5.03. The molecule has 3 aromatic rings. The molecule has 1 aromatic carbocycles. The highest BCUT2D eigenvalue weighted by Crippen LogP contribution is 2.30. The Balaban J connectivity index is 0.00000148. The van der Waals surface area contributed by atoms with Crippen LogP contribution in [0.25, 0.3) is 0 Å². The molecule has 4 heterocycles. The Bertz CT molecular complexity index is 1230. The maximum Gasteiger partial charge on any atom is 0.277 e. The molecule has 0 saturated carbocycles. The average Bonchev–Trinajstić information content (AvgIpc) is 3.35. The van der Waals surface area contributed by atoms with E-state index in [9.17, 15) is 9.59 Å². The monoisotopic (exact) mass is 504 g/mol. The largest absolute Gasteiger partial charge is 0.356 e. The van der Waals surface area contributed by atoms with Gasteiger partial charge in [-0.25, -0.2) is 9.97 Å². The summed E-state index contributed by atoms with van der Waals surface area (Å²) in [5, 5.41) is 0. The molecule has 0 N–H and O–H groups in total. The number of amides is 2. The van der Waals surface area contributed by atoms with Crippen molar-refractivity contribution >= 4 is 38.2 Å². The number of piperidine rings is 1. The van der Waals surface area contributed by atoms with Gasteiger partial charge in [0.15, 0.2) is 0 Å². The van der Waals surface area contributed by atoms with Gasteiger partial charge in [0.1, 0.15) is 17.8 Å². The van der Waals surface area contributed by atoms with Gasteiger partial charge in [-0.1, -0.05) is 24.9 Å². The van der Waals surface area contributed by atoms with Crippen molar-refractivity contribution in [1.82, 2.24) is 15.0 Å². The first-order valence-electron chi connectivity index (χ1n) is 12.3. The second-order valence-corrected chi connectivity index (χ2v) is 8.81. The van der Waals surface area contributed by atoms with E-state index < -0.39 is 0 Å². The average molecular weight is 505 g/mol. The summed E-state index contributed by atoms with van der Waals surface area (Å²) in [6.07, 6.45) is 5.68. The Morgan fingerprint density at radius 2 is 1.75 bits per heavy atom. The third-order valence-corrected chi connectivity index (χ3v) is 6.74. The van der Waals surface area contributed by atoms with Crippen LogP contribution in [0.5, 0.6) is 0 Å². The second kappa shape index (κ2) is 11.6. The minimum atomic E-state index is -0.0988. The highest BCUT2D eigenvalue weighted by atomic mass is 31.0.